The molecule has 4 fully saturated rings. The number of carbonyl (C=O) groups is 7. The van der Waals surface area contributed by atoms with Gasteiger partial charge in [-0.2, -0.15) is 0 Å². The Bertz CT molecular complexity index is 2880. The highest BCUT2D eigenvalue weighted by Crippen LogP contribution is 2.63. The predicted molar refractivity (Wildman–Crippen MR) is 296 cm³/mol. The number of carbonyl (C=O) groups excluding carboxylic acids is 7. The molecule has 88 heavy (non-hydrogen) atoms. The fourth-order valence-corrected chi connectivity index (χ4v) is 12.9. The number of aliphatic hydroxyl groups excluding tert-OH is 10. The summed E-state index contributed by atoms with van der Waals surface area (Å²) in [5.41, 5.74) is -10.5. The van der Waals surface area contributed by atoms with Gasteiger partial charge in [0.15, 0.2) is 12.1 Å². The first-order valence-electron chi connectivity index (χ1n) is 28.8. The molecule has 2 aromatic carbocycles. The number of ketones is 1. The maximum Gasteiger partial charge on any atom is 0.408 e. The number of hydrogen-bond donors (Lipinski definition) is 12. The maximum atomic E-state index is 15.4. The lowest BCUT2D eigenvalue weighted by atomic mass is 9.45. The Kier molecular flexibility index (Phi) is 21.4. The lowest BCUT2D eigenvalue weighted by Crippen LogP contribution is -2.77. The van der Waals surface area contributed by atoms with Crippen LogP contribution in [0.1, 0.15) is 116 Å². The molecular weight excluding hydrogens is 1170 g/mol. The molecule has 2 bridgehead atoms. The van der Waals surface area contributed by atoms with Crippen molar-refractivity contribution in [3.05, 3.63) is 82.9 Å². The molecular formula is C60H81NO27. The van der Waals surface area contributed by atoms with E-state index in [0.29, 0.717) is 0 Å². The third-order valence-corrected chi connectivity index (χ3v) is 17.6. The van der Waals surface area contributed by atoms with Crippen LogP contribution in [-0.2, 0) is 66.6 Å². The third kappa shape index (κ3) is 13.5. The van der Waals surface area contributed by atoms with Crippen molar-refractivity contribution in [2.24, 2.45) is 16.7 Å². The van der Waals surface area contributed by atoms with Crippen molar-refractivity contribution in [1.29, 1.82) is 0 Å². The average Bonchev–Trinajstić information content (AvgIpc) is 0.681. The van der Waals surface area contributed by atoms with Gasteiger partial charge in [0, 0.05) is 25.2 Å². The Labute approximate surface area is 506 Å². The van der Waals surface area contributed by atoms with Crippen molar-refractivity contribution in [3.63, 3.8) is 0 Å². The summed E-state index contributed by atoms with van der Waals surface area (Å²) in [5, 5.41) is 126. The lowest BCUT2D eigenvalue weighted by Gasteiger charge is -2.64. The number of rotatable bonds is 18. The molecule has 28 heteroatoms. The lowest BCUT2D eigenvalue weighted by molar-refractivity contribution is -0.355. The zero-order valence-corrected chi connectivity index (χ0v) is 50.1. The number of benzene rings is 2. The van der Waals surface area contributed by atoms with Crippen LogP contribution in [0.2, 0.25) is 0 Å². The van der Waals surface area contributed by atoms with E-state index in [9.17, 15) is 80.1 Å². The van der Waals surface area contributed by atoms with Crippen LogP contribution >= 0.6 is 0 Å². The van der Waals surface area contributed by atoms with Crippen molar-refractivity contribution in [1.82, 2.24) is 5.32 Å². The van der Waals surface area contributed by atoms with E-state index in [0.717, 1.165) is 6.92 Å². The van der Waals surface area contributed by atoms with E-state index in [4.69, 9.17) is 42.6 Å². The Morgan fingerprint density at radius 2 is 1.32 bits per heavy atom. The Morgan fingerprint density at radius 1 is 0.739 bits per heavy atom. The second-order valence-electron chi connectivity index (χ2n) is 24.6. The van der Waals surface area contributed by atoms with Crippen LogP contribution in [-0.4, -0.2) is 226 Å². The summed E-state index contributed by atoms with van der Waals surface area (Å²) in [6, 6.07) is 13.2. The smallest absolute Gasteiger partial charge is 0.408 e. The number of ether oxygens (including phenoxy) is 9. The van der Waals surface area contributed by atoms with E-state index in [1.165, 1.54) is 83.1 Å². The highest BCUT2D eigenvalue weighted by Gasteiger charge is 2.75. The third-order valence-electron chi connectivity index (χ3n) is 17.6. The number of alkyl carbamates (subject to hydrolysis) is 1. The van der Waals surface area contributed by atoms with Gasteiger partial charge in [0.2, 0.25) is 12.4 Å². The largest absolute Gasteiger partial charge is 0.456 e. The number of Topliss-reactive ketones (excluding diaryl/α,β-unsaturated/α-hetero) is 1. The van der Waals surface area contributed by atoms with E-state index in [-0.39, 0.29) is 28.7 Å². The van der Waals surface area contributed by atoms with Gasteiger partial charge < -0.3 is 104 Å². The molecule has 0 radical (unpaired) electrons. The van der Waals surface area contributed by atoms with E-state index >= 15 is 9.59 Å². The first-order valence-corrected chi connectivity index (χ1v) is 28.8. The van der Waals surface area contributed by atoms with Gasteiger partial charge in [0.05, 0.1) is 55.2 Å². The maximum absolute atomic E-state index is 15.4. The second-order valence-corrected chi connectivity index (χ2v) is 24.6. The highest BCUT2D eigenvalue weighted by molar-refractivity contribution is 5.94. The van der Waals surface area contributed by atoms with Crippen LogP contribution in [0, 0.1) is 16.7 Å². The second kappa shape index (κ2) is 27.2. The van der Waals surface area contributed by atoms with Crippen molar-refractivity contribution >= 4 is 41.7 Å². The molecule has 7 rings (SSSR count). The number of hydrogen-bond acceptors (Lipinski definition) is 27. The molecule has 2 saturated heterocycles. The Hall–Kier alpha value is -6.09. The molecule has 1 amide bonds. The van der Waals surface area contributed by atoms with Crippen molar-refractivity contribution in [3.8, 4) is 0 Å². The molecule has 3 aliphatic carbocycles. The minimum absolute atomic E-state index is 0.0530. The van der Waals surface area contributed by atoms with E-state index in [2.05, 4.69) is 5.32 Å². The first-order chi connectivity index (χ1) is 41.1. The molecule has 28 nitrogen and oxygen atoms in total. The quantitative estimate of drug-likeness (QED) is 0.0490. The zero-order chi connectivity index (χ0) is 65.3. The Balaban J connectivity index is 1.23. The van der Waals surface area contributed by atoms with Crippen molar-refractivity contribution in [2.75, 3.05) is 13.2 Å². The molecule has 12 N–H and O–H groups in total. The summed E-state index contributed by atoms with van der Waals surface area (Å²) >= 11 is 0. The van der Waals surface area contributed by atoms with Gasteiger partial charge in [-0.25, -0.2) is 14.4 Å². The molecule has 5 aliphatic rings. The topological polar surface area (TPSA) is 437 Å². The predicted octanol–water partition coefficient (Wildman–Crippen LogP) is -0.870. The van der Waals surface area contributed by atoms with Crippen molar-refractivity contribution < 1.29 is 132 Å². The zero-order valence-electron chi connectivity index (χ0n) is 50.1. The van der Waals surface area contributed by atoms with Crippen LogP contribution in [0.3, 0.4) is 0 Å². The van der Waals surface area contributed by atoms with Crippen LogP contribution in [0.4, 0.5) is 4.79 Å². The van der Waals surface area contributed by atoms with Crippen LogP contribution in [0.15, 0.2) is 71.8 Å². The molecule has 2 heterocycles. The number of amides is 1. The minimum Gasteiger partial charge on any atom is -0.456 e. The summed E-state index contributed by atoms with van der Waals surface area (Å²) < 4.78 is 51.6. The first kappa shape index (κ1) is 69.4. The highest BCUT2D eigenvalue weighted by atomic mass is 16.7. The SMILES string of the molecule is CC[C@]1(OC(C)=O)[C@H](O)C[C@H](O)[C@@]2(C)C(=O)[C@H](O)C3=C(C)[C@@H](OC(=O)[C@H](OC(=O)CCC(=O)O[C@@H]4O[C@H](CO)[C@@H](O[C@@H]5O[C@H](CO)[C@H](O)[C@H](O)[C@H]5O)[C@H](O)[C@H]4O)[C@@H](NC(=O)OC(C)(C)C)c4ccccc4)C[C@@](O)([C@@H](OC(=O)c4ccccc4)[C@H]12)C3(C)C. The summed E-state index contributed by atoms with van der Waals surface area (Å²) in [7, 11) is 0. The fourth-order valence-electron chi connectivity index (χ4n) is 12.9. The van der Waals surface area contributed by atoms with Crippen LogP contribution in [0.5, 0.6) is 0 Å². The van der Waals surface area contributed by atoms with E-state index in [1.807, 2.05) is 0 Å². The molecule has 0 spiro atoms. The summed E-state index contributed by atoms with van der Waals surface area (Å²) in [5.74, 6) is -9.17. The number of fused-ring (bicyclic) bond motifs is 3. The van der Waals surface area contributed by atoms with Crippen LogP contribution < -0.4 is 5.32 Å². The Morgan fingerprint density at radius 3 is 1.90 bits per heavy atom. The molecule has 0 unspecified atom stereocenters. The normalized spacial score (nSPS) is 36.2. The molecule has 2 aromatic rings. The molecule has 2 aliphatic heterocycles. The molecule has 488 valence electrons. The summed E-state index contributed by atoms with van der Waals surface area (Å²) in [6.07, 6.45) is -35.4. The van der Waals surface area contributed by atoms with Gasteiger partial charge in [-0.1, -0.05) is 69.3 Å². The summed E-state index contributed by atoms with van der Waals surface area (Å²) in [6.45, 7) is 10.8. The monoisotopic (exact) mass is 1250 g/mol. The fraction of sp³-hybridized carbons (Fsp3) is 0.650. The molecule has 21 atom stereocenters. The number of nitrogens with one attached hydrogen (secondary N) is 1. The minimum atomic E-state index is -2.66. The number of esters is 5. The van der Waals surface area contributed by atoms with Gasteiger partial charge in [0.1, 0.15) is 90.0 Å². The van der Waals surface area contributed by atoms with Crippen molar-refractivity contribution in [2.45, 2.75) is 215 Å². The molecule has 0 aromatic heterocycles. The standard InChI is InChI=1S/C60H81NO27/c1-10-59(87-28(3)64)35(66)23-34(65)58(9)48(59)50(86-51(76)30-19-15-12-16-20-30)60(79)24-31(27(2)38(57(60,7)8)41(70)49(58)75)80-52(77)47(39(29-17-13-11-14-18-29)61-55(78)88-56(4,5)6)83-36(67)21-22-37(68)84-53-45(74)43(72)46(33(26-63)82-53)85-54-44(73)42(71)40(69)32(25-62)81-54/h11-20,31-35,39-48,50,53-54,62-63,65-66,69-74,79H,10,21-26H2,1-9H3,(H,61,78)/t31-,32+,33+,34-,35+,39-,40-,41+,42-,43+,44+,45+,46+,47+,48-,50-,53-,54-,58+,59-,60+/m0/s1. The average molecular weight is 1250 g/mol. The summed E-state index contributed by atoms with van der Waals surface area (Å²) in [4.78, 5) is 99.7. The van der Waals surface area contributed by atoms with Gasteiger partial charge >= 0.3 is 35.9 Å². The van der Waals surface area contributed by atoms with E-state index < -0.39 is 218 Å². The number of aliphatic hydroxyl groups is 11. The van der Waals surface area contributed by atoms with Gasteiger partial charge in [0.25, 0.3) is 0 Å². The molecule has 2 saturated carbocycles. The van der Waals surface area contributed by atoms with Gasteiger partial charge in [-0.05, 0) is 69.9 Å². The van der Waals surface area contributed by atoms with Gasteiger partial charge in [-0.3, -0.25) is 19.2 Å². The van der Waals surface area contributed by atoms with Crippen LogP contribution in [0.25, 0.3) is 0 Å². The van der Waals surface area contributed by atoms with Gasteiger partial charge in [-0.15, -0.1) is 0 Å². The van der Waals surface area contributed by atoms with E-state index in [1.54, 1.807) is 32.9 Å².